The van der Waals surface area contributed by atoms with Crippen LogP contribution in [0.1, 0.15) is 41.4 Å². The van der Waals surface area contributed by atoms with Crippen LogP contribution in [0.3, 0.4) is 0 Å². The van der Waals surface area contributed by atoms with Crippen LogP contribution in [0.2, 0.25) is 10.0 Å². The van der Waals surface area contributed by atoms with Crippen molar-refractivity contribution in [2.75, 3.05) is 18.4 Å². The van der Waals surface area contributed by atoms with Crippen molar-refractivity contribution in [2.24, 2.45) is 0 Å². The van der Waals surface area contributed by atoms with Gasteiger partial charge in [-0.05, 0) is 67.8 Å². The first-order chi connectivity index (χ1) is 16.7. The number of aliphatic hydroxyl groups excluding tert-OH is 1. The molecule has 0 fully saturated rings. The smallest absolute Gasteiger partial charge is 0.322 e. The summed E-state index contributed by atoms with van der Waals surface area (Å²) >= 11 is 12.0. The summed E-state index contributed by atoms with van der Waals surface area (Å²) in [6.45, 7) is 4.33. The van der Waals surface area contributed by atoms with Crippen LogP contribution in [0.25, 0.3) is 0 Å². The first kappa shape index (κ1) is 26.5. The zero-order valence-electron chi connectivity index (χ0n) is 19.5. The first-order valence-electron chi connectivity index (χ1n) is 11.2. The van der Waals surface area contributed by atoms with Crippen LogP contribution < -0.4 is 10.6 Å². The van der Waals surface area contributed by atoms with Crippen molar-refractivity contribution in [3.63, 3.8) is 0 Å². The number of benzene rings is 2. The van der Waals surface area contributed by atoms with Gasteiger partial charge < -0.3 is 20.6 Å². The van der Waals surface area contributed by atoms with E-state index in [-0.39, 0.29) is 24.5 Å². The van der Waals surface area contributed by atoms with E-state index in [0.29, 0.717) is 39.8 Å². The summed E-state index contributed by atoms with van der Waals surface area (Å²) in [5.74, 6) is -0.168. The number of halogens is 2. The van der Waals surface area contributed by atoms with Crippen molar-refractivity contribution in [3.05, 3.63) is 93.7 Å². The van der Waals surface area contributed by atoms with Gasteiger partial charge in [-0.1, -0.05) is 41.4 Å². The van der Waals surface area contributed by atoms with Gasteiger partial charge in [-0.25, -0.2) is 4.79 Å². The third-order valence-corrected chi connectivity index (χ3v) is 6.15. The number of nitrogens with zero attached hydrogens (tertiary/aromatic N) is 2. The molecular formula is C26H28Cl2N4O3. The second-order valence-corrected chi connectivity index (χ2v) is 9.12. The van der Waals surface area contributed by atoms with E-state index >= 15 is 0 Å². The fourth-order valence-electron chi connectivity index (χ4n) is 3.41. The largest absolute Gasteiger partial charge is 0.387 e. The predicted molar refractivity (Wildman–Crippen MR) is 139 cm³/mol. The topological polar surface area (TPSA) is 94.6 Å². The van der Waals surface area contributed by atoms with Gasteiger partial charge in [0.05, 0.1) is 28.3 Å². The fourth-order valence-corrected chi connectivity index (χ4v) is 3.72. The molecule has 35 heavy (non-hydrogen) atoms. The Hall–Kier alpha value is -3.13. The van der Waals surface area contributed by atoms with Gasteiger partial charge in [0.1, 0.15) is 0 Å². The second-order valence-electron chi connectivity index (χ2n) is 8.31. The van der Waals surface area contributed by atoms with E-state index < -0.39 is 6.10 Å². The van der Waals surface area contributed by atoms with Crippen molar-refractivity contribution < 1.29 is 14.7 Å². The summed E-state index contributed by atoms with van der Waals surface area (Å²) < 4.78 is 0. The second kappa shape index (κ2) is 12.5. The van der Waals surface area contributed by atoms with Gasteiger partial charge in [0, 0.05) is 30.7 Å². The van der Waals surface area contributed by atoms with Gasteiger partial charge in [-0.2, -0.15) is 0 Å². The average molecular weight is 515 g/mol. The van der Waals surface area contributed by atoms with Crippen LogP contribution in [0.15, 0.2) is 67.0 Å². The number of carbonyl (C=O) groups excluding carboxylic acids is 2. The normalized spacial score (nSPS) is 11.7. The van der Waals surface area contributed by atoms with E-state index in [1.54, 1.807) is 41.4 Å². The number of carbonyl (C=O) groups is 2. The molecule has 3 N–H and O–H groups in total. The van der Waals surface area contributed by atoms with E-state index in [1.165, 1.54) is 6.20 Å². The quantitative estimate of drug-likeness (QED) is 0.359. The van der Waals surface area contributed by atoms with Gasteiger partial charge in [0.2, 0.25) is 0 Å². The minimum atomic E-state index is -0.915. The molecule has 0 aliphatic carbocycles. The highest BCUT2D eigenvalue weighted by Crippen LogP contribution is 2.26. The molecule has 3 aromatic rings. The van der Waals surface area contributed by atoms with Crippen LogP contribution in [-0.2, 0) is 6.42 Å². The molecule has 0 aliphatic heterocycles. The first-order valence-corrected chi connectivity index (χ1v) is 12.0. The number of aliphatic hydroxyl groups is 1. The molecule has 0 unspecified atom stereocenters. The lowest BCUT2D eigenvalue weighted by molar-refractivity contribution is 0.0953. The molecule has 0 aliphatic rings. The predicted octanol–water partition coefficient (Wildman–Crippen LogP) is 5.34. The van der Waals surface area contributed by atoms with Gasteiger partial charge in [0.15, 0.2) is 0 Å². The number of pyridine rings is 1. The molecule has 1 atom stereocenters. The number of rotatable bonds is 9. The Kier molecular flexibility index (Phi) is 9.48. The Labute approximate surface area is 215 Å². The average Bonchev–Trinajstić information content (AvgIpc) is 2.85. The molecule has 184 valence electrons. The molecule has 1 heterocycles. The van der Waals surface area contributed by atoms with Crippen LogP contribution in [0, 0.1) is 0 Å². The van der Waals surface area contributed by atoms with E-state index in [9.17, 15) is 14.7 Å². The van der Waals surface area contributed by atoms with E-state index in [4.69, 9.17) is 23.2 Å². The standard InChI is InChI=1S/C26H28Cl2N4O3/c1-17(2)32(16-24(33)19-7-10-22(27)23(28)14-19)26(35)31-21-8-5-18(6-9-21)11-13-30-25(34)20-4-3-12-29-15-20/h3-10,12,14-15,17,24,33H,11,13,16H2,1-2H3,(H,30,34)(H,31,35)/t24-/m1/s1. The lowest BCUT2D eigenvalue weighted by Crippen LogP contribution is -2.42. The molecule has 3 rings (SSSR count). The number of aromatic nitrogens is 1. The number of amides is 3. The minimum absolute atomic E-state index is 0.0934. The number of anilines is 1. The van der Waals surface area contributed by atoms with E-state index in [2.05, 4.69) is 15.6 Å². The summed E-state index contributed by atoms with van der Waals surface area (Å²) in [6.07, 6.45) is 2.88. The van der Waals surface area contributed by atoms with Crippen LogP contribution in [-0.4, -0.2) is 46.1 Å². The molecule has 0 radical (unpaired) electrons. The molecular weight excluding hydrogens is 487 g/mol. The Morgan fingerprint density at radius 2 is 1.80 bits per heavy atom. The number of nitrogens with one attached hydrogen (secondary N) is 2. The number of urea groups is 1. The van der Waals surface area contributed by atoms with Gasteiger partial charge in [0.25, 0.3) is 5.91 Å². The van der Waals surface area contributed by atoms with Crippen molar-refractivity contribution in [1.82, 2.24) is 15.2 Å². The highest BCUT2D eigenvalue weighted by Gasteiger charge is 2.22. The molecule has 7 nitrogen and oxygen atoms in total. The van der Waals surface area contributed by atoms with Crippen molar-refractivity contribution in [1.29, 1.82) is 0 Å². The van der Waals surface area contributed by atoms with Gasteiger partial charge in [-0.3, -0.25) is 9.78 Å². The summed E-state index contributed by atoms with van der Waals surface area (Å²) in [7, 11) is 0. The minimum Gasteiger partial charge on any atom is -0.387 e. The van der Waals surface area contributed by atoms with Gasteiger partial charge in [-0.15, -0.1) is 0 Å². The summed E-state index contributed by atoms with van der Waals surface area (Å²) in [6, 6.07) is 15.3. The van der Waals surface area contributed by atoms with Crippen molar-refractivity contribution in [2.45, 2.75) is 32.4 Å². The maximum Gasteiger partial charge on any atom is 0.322 e. The highest BCUT2D eigenvalue weighted by atomic mass is 35.5. The molecule has 0 saturated heterocycles. The molecule has 9 heteroatoms. The van der Waals surface area contributed by atoms with E-state index in [1.807, 2.05) is 38.1 Å². The van der Waals surface area contributed by atoms with Crippen LogP contribution in [0.5, 0.6) is 0 Å². The Balaban J connectivity index is 1.53. The molecule has 1 aromatic heterocycles. The highest BCUT2D eigenvalue weighted by molar-refractivity contribution is 6.42. The van der Waals surface area contributed by atoms with Crippen LogP contribution in [0.4, 0.5) is 10.5 Å². The lowest BCUT2D eigenvalue weighted by atomic mass is 10.1. The third-order valence-electron chi connectivity index (χ3n) is 5.41. The summed E-state index contributed by atoms with van der Waals surface area (Å²) in [4.78, 5) is 30.5. The maximum atomic E-state index is 12.9. The zero-order chi connectivity index (χ0) is 25.4. The SMILES string of the molecule is CC(C)N(C[C@@H](O)c1ccc(Cl)c(Cl)c1)C(=O)Nc1ccc(CCNC(=O)c2cccnc2)cc1. The Morgan fingerprint density at radius 1 is 1.06 bits per heavy atom. The molecule has 0 spiro atoms. The van der Waals surface area contributed by atoms with Gasteiger partial charge >= 0.3 is 6.03 Å². The maximum absolute atomic E-state index is 12.9. The van der Waals surface area contributed by atoms with Crippen molar-refractivity contribution >= 4 is 40.8 Å². The fraction of sp³-hybridized carbons (Fsp3) is 0.269. The summed E-state index contributed by atoms with van der Waals surface area (Å²) in [5.41, 5.74) is 2.75. The monoisotopic (exact) mass is 514 g/mol. The Bertz CT molecular complexity index is 1140. The lowest BCUT2D eigenvalue weighted by Gasteiger charge is -2.29. The molecule has 2 aromatic carbocycles. The molecule has 0 saturated carbocycles. The third kappa shape index (κ3) is 7.68. The Morgan fingerprint density at radius 3 is 2.43 bits per heavy atom. The molecule has 3 amide bonds. The van der Waals surface area contributed by atoms with E-state index in [0.717, 1.165) is 5.56 Å². The number of hydrogen-bond acceptors (Lipinski definition) is 4. The van der Waals surface area contributed by atoms with Crippen LogP contribution >= 0.6 is 23.2 Å². The summed E-state index contributed by atoms with van der Waals surface area (Å²) in [5, 5.41) is 17.1. The number of hydrogen-bond donors (Lipinski definition) is 3. The molecule has 0 bridgehead atoms. The van der Waals surface area contributed by atoms with Crippen molar-refractivity contribution in [3.8, 4) is 0 Å². The zero-order valence-corrected chi connectivity index (χ0v) is 21.1.